The smallest absolute Gasteiger partial charge is 0.349 e. The lowest BCUT2D eigenvalue weighted by molar-refractivity contribution is 0.448. The molecule has 0 radical (unpaired) electrons. The average molecular weight is 520 g/mol. The van der Waals surface area contributed by atoms with Gasteiger partial charge >= 0.3 is 5.69 Å². The van der Waals surface area contributed by atoms with E-state index in [-0.39, 0.29) is 32.0 Å². The van der Waals surface area contributed by atoms with E-state index in [1.54, 1.807) is 13.0 Å². The predicted molar refractivity (Wildman–Crippen MR) is 125 cm³/mol. The van der Waals surface area contributed by atoms with E-state index in [9.17, 15) is 23.1 Å². The number of nitrogens with one attached hydrogen (secondary N) is 1. The molecule has 0 aliphatic carbocycles. The van der Waals surface area contributed by atoms with Crippen molar-refractivity contribution in [1.29, 1.82) is 0 Å². The van der Waals surface area contributed by atoms with Crippen LogP contribution in [0.25, 0.3) is 5.69 Å². The van der Waals surface area contributed by atoms with Gasteiger partial charge in [-0.05, 0) is 61.0 Å². The van der Waals surface area contributed by atoms with Gasteiger partial charge in [0.1, 0.15) is 28.3 Å². The molecule has 0 atom stereocenters. The third kappa shape index (κ3) is 4.56. The molecule has 0 amide bonds. The molecule has 9 nitrogen and oxygen atoms in total. The van der Waals surface area contributed by atoms with E-state index in [0.29, 0.717) is 10.6 Å². The van der Waals surface area contributed by atoms with Gasteiger partial charge in [-0.3, -0.25) is 9.78 Å². The summed E-state index contributed by atoms with van der Waals surface area (Å²) >= 11 is 12.2. The number of phenolic OH excluding ortho intramolecular Hbond substituents is 1. The van der Waals surface area contributed by atoms with E-state index in [1.807, 2.05) is 0 Å². The predicted octanol–water partition coefficient (Wildman–Crippen LogP) is 3.87. The summed E-state index contributed by atoms with van der Waals surface area (Å²) in [5, 5.41) is 14.5. The summed E-state index contributed by atoms with van der Waals surface area (Å²) < 4.78 is 32.8. The molecule has 4 rings (SSSR count). The molecule has 0 saturated carbocycles. The first-order valence-corrected chi connectivity index (χ1v) is 11.8. The maximum absolute atomic E-state index is 13.0. The van der Waals surface area contributed by atoms with Crippen LogP contribution in [-0.2, 0) is 9.84 Å². The Labute approximate surface area is 202 Å². The number of H-pyrrole nitrogens is 1. The van der Waals surface area contributed by atoms with E-state index in [0.717, 1.165) is 10.9 Å². The summed E-state index contributed by atoms with van der Waals surface area (Å²) in [6, 6.07) is 12.2. The van der Waals surface area contributed by atoms with Gasteiger partial charge in [-0.2, -0.15) is 9.78 Å². The molecule has 174 valence electrons. The molecule has 0 unspecified atom stereocenters. The zero-order valence-electron chi connectivity index (χ0n) is 17.3. The molecule has 12 heteroatoms. The second-order valence-corrected chi connectivity index (χ2v) is 9.88. The number of hydrogen-bond donors (Lipinski definition) is 2. The van der Waals surface area contributed by atoms with Crippen molar-refractivity contribution in [2.24, 2.45) is 0 Å². The second-order valence-electron chi connectivity index (χ2n) is 7.11. The van der Waals surface area contributed by atoms with Crippen molar-refractivity contribution in [2.75, 3.05) is 0 Å². The van der Waals surface area contributed by atoms with Crippen molar-refractivity contribution in [3.05, 3.63) is 97.2 Å². The number of benzene rings is 3. The minimum absolute atomic E-state index is 0.0539. The van der Waals surface area contributed by atoms with Crippen molar-refractivity contribution < 1.29 is 18.3 Å². The first-order valence-electron chi connectivity index (χ1n) is 9.57. The van der Waals surface area contributed by atoms with Crippen LogP contribution in [0.1, 0.15) is 5.56 Å². The number of aromatic hydroxyl groups is 1. The summed E-state index contributed by atoms with van der Waals surface area (Å²) in [6.45, 7) is 1.66. The van der Waals surface area contributed by atoms with Crippen molar-refractivity contribution >= 4 is 33.0 Å². The normalized spacial score (nSPS) is 11.4. The number of halogens is 2. The fourth-order valence-corrected chi connectivity index (χ4v) is 4.92. The fourth-order valence-electron chi connectivity index (χ4n) is 3.13. The van der Waals surface area contributed by atoms with Gasteiger partial charge in [-0.1, -0.05) is 23.2 Å². The van der Waals surface area contributed by atoms with Gasteiger partial charge in [-0.25, -0.2) is 13.2 Å². The molecule has 1 aromatic heterocycles. The van der Waals surface area contributed by atoms with Crippen LogP contribution in [-0.4, -0.2) is 28.3 Å². The Morgan fingerprint density at radius 1 is 1.03 bits per heavy atom. The Kier molecular flexibility index (Phi) is 6.22. The highest BCUT2D eigenvalue weighted by molar-refractivity contribution is 7.91. The lowest BCUT2D eigenvalue weighted by Gasteiger charge is -2.14. The standard InChI is InChI=1S/C22H15Cl2N3O6S/c1-12-8-14(27-22(30)26-20(29)11-25-27)9-17(24)21(12)33-15-4-7-18(28)19(10-15)34(31,32)16-5-2-13(23)3-6-16/h2-11,28H,1H3,(H,26,29,30). The van der Waals surface area contributed by atoms with Crippen molar-refractivity contribution in [3.8, 4) is 22.9 Å². The minimum atomic E-state index is -4.07. The third-order valence-corrected chi connectivity index (χ3v) is 7.07. The Morgan fingerprint density at radius 2 is 1.74 bits per heavy atom. The van der Waals surface area contributed by atoms with E-state index < -0.39 is 26.8 Å². The lowest BCUT2D eigenvalue weighted by Crippen LogP contribution is -2.30. The summed E-state index contributed by atoms with van der Waals surface area (Å²) in [5.41, 5.74) is -0.599. The zero-order chi connectivity index (χ0) is 24.6. The van der Waals surface area contributed by atoms with E-state index in [2.05, 4.69) is 10.1 Å². The molecule has 1 heterocycles. The lowest BCUT2D eigenvalue weighted by atomic mass is 10.2. The van der Waals surface area contributed by atoms with Crippen molar-refractivity contribution in [2.45, 2.75) is 16.7 Å². The molecule has 0 aliphatic heterocycles. The van der Waals surface area contributed by atoms with Gasteiger partial charge in [-0.15, -0.1) is 0 Å². The number of nitrogens with zero attached hydrogens (tertiary/aromatic N) is 2. The molecule has 0 bridgehead atoms. The largest absolute Gasteiger partial charge is 0.507 e. The van der Waals surface area contributed by atoms with Crippen LogP contribution in [0.3, 0.4) is 0 Å². The van der Waals surface area contributed by atoms with Crippen LogP contribution in [0, 0.1) is 6.92 Å². The molecular weight excluding hydrogens is 505 g/mol. The van der Waals surface area contributed by atoms with Crippen LogP contribution in [0.15, 0.2) is 80.2 Å². The molecule has 4 aromatic rings. The Bertz CT molecular complexity index is 1610. The molecule has 34 heavy (non-hydrogen) atoms. The van der Waals surface area contributed by atoms with Gasteiger partial charge in [0.05, 0.1) is 15.6 Å². The highest BCUT2D eigenvalue weighted by atomic mass is 35.5. The first-order chi connectivity index (χ1) is 16.1. The molecule has 0 saturated heterocycles. The number of sulfone groups is 1. The zero-order valence-corrected chi connectivity index (χ0v) is 19.6. The number of phenols is 1. The SMILES string of the molecule is Cc1cc(-n2ncc(=O)[nH]c2=O)cc(Cl)c1Oc1ccc(O)c(S(=O)(=O)c2ccc(Cl)cc2)c1. The van der Waals surface area contributed by atoms with Gasteiger partial charge in [0.2, 0.25) is 9.84 Å². The first kappa shape index (κ1) is 23.6. The Balaban J connectivity index is 1.72. The molecule has 0 aliphatic rings. The Hall–Kier alpha value is -3.60. The van der Waals surface area contributed by atoms with Crippen LogP contribution in [0.5, 0.6) is 17.2 Å². The minimum Gasteiger partial charge on any atom is -0.507 e. The van der Waals surface area contributed by atoms with Gasteiger partial charge in [0.25, 0.3) is 5.56 Å². The fraction of sp³-hybridized carbons (Fsp3) is 0.0455. The molecule has 3 aromatic carbocycles. The van der Waals surface area contributed by atoms with Crippen molar-refractivity contribution in [1.82, 2.24) is 14.8 Å². The monoisotopic (exact) mass is 519 g/mol. The van der Waals surface area contributed by atoms with Crippen LogP contribution < -0.4 is 16.0 Å². The molecule has 2 N–H and O–H groups in total. The molecule has 0 fully saturated rings. The molecular formula is C22H15Cl2N3O6S. The van der Waals surface area contributed by atoms with Gasteiger partial charge < -0.3 is 9.84 Å². The second kappa shape index (κ2) is 8.98. The van der Waals surface area contributed by atoms with E-state index in [1.165, 1.54) is 48.5 Å². The summed E-state index contributed by atoms with van der Waals surface area (Å²) in [7, 11) is -4.07. The third-order valence-electron chi connectivity index (χ3n) is 4.74. The molecule has 0 spiro atoms. The topological polar surface area (TPSA) is 131 Å². The summed E-state index contributed by atoms with van der Waals surface area (Å²) in [4.78, 5) is 25.0. The number of aromatic amines is 1. The van der Waals surface area contributed by atoms with E-state index in [4.69, 9.17) is 27.9 Å². The number of rotatable bonds is 5. The maximum Gasteiger partial charge on any atom is 0.349 e. The number of aromatic nitrogens is 3. The number of hydrogen-bond acceptors (Lipinski definition) is 7. The summed E-state index contributed by atoms with van der Waals surface area (Å²) in [6.07, 6.45) is 0.953. The quantitative estimate of drug-likeness (QED) is 0.409. The van der Waals surface area contributed by atoms with Crippen LogP contribution in [0.4, 0.5) is 0 Å². The van der Waals surface area contributed by atoms with Gasteiger partial charge in [0.15, 0.2) is 0 Å². The van der Waals surface area contributed by atoms with Crippen LogP contribution >= 0.6 is 23.2 Å². The highest BCUT2D eigenvalue weighted by Gasteiger charge is 2.23. The van der Waals surface area contributed by atoms with Crippen molar-refractivity contribution in [3.63, 3.8) is 0 Å². The number of aryl methyl sites for hydroxylation is 1. The van der Waals surface area contributed by atoms with E-state index >= 15 is 0 Å². The highest BCUT2D eigenvalue weighted by Crippen LogP contribution is 2.38. The van der Waals surface area contributed by atoms with Gasteiger partial charge in [0, 0.05) is 11.1 Å². The van der Waals surface area contributed by atoms with Crippen LogP contribution in [0.2, 0.25) is 10.0 Å². The maximum atomic E-state index is 13.0. The number of ether oxygens (including phenoxy) is 1. The average Bonchev–Trinajstić information content (AvgIpc) is 2.77. The Morgan fingerprint density at radius 3 is 2.38 bits per heavy atom. The summed E-state index contributed by atoms with van der Waals surface area (Å²) in [5.74, 6) is -0.158.